The number of thiocarbonyl (C=S) groups is 1. The van der Waals surface area contributed by atoms with Crippen LogP contribution in [0.5, 0.6) is 5.75 Å². The minimum Gasteiger partial charge on any atom is -0.492 e. The van der Waals surface area contributed by atoms with Gasteiger partial charge in [0.15, 0.2) is 5.11 Å². The van der Waals surface area contributed by atoms with Gasteiger partial charge in [-0.1, -0.05) is 23.2 Å². The Morgan fingerprint density at radius 1 is 1.29 bits per heavy atom. The molecule has 1 amide bonds. The largest absolute Gasteiger partial charge is 0.492 e. The normalized spacial score (nSPS) is 15.2. The first-order chi connectivity index (χ1) is 11.5. The zero-order valence-corrected chi connectivity index (χ0v) is 15.9. The molecule has 0 unspecified atom stereocenters. The average Bonchev–Trinajstić information content (AvgIpc) is 2.53. The molecule has 2 rings (SSSR count). The van der Waals surface area contributed by atoms with Crippen LogP contribution < -0.4 is 10.1 Å². The molecule has 1 aliphatic rings. The van der Waals surface area contributed by atoms with Crippen molar-refractivity contribution < 1.29 is 9.53 Å². The topological polar surface area (TPSA) is 44.8 Å². The maximum atomic E-state index is 11.9. The molecule has 1 N–H and O–H groups in total. The summed E-state index contributed by atoms with van der Waals surface area (Å²) in [5.74, 6) is 0.471. The van der Waals surface area contributed by atoms with E-state index in [1.807, 2.05) is 4.90 Å². The van der Waals surface area contributed by atoms with E-state index in [1.54, 1.807) is 18.2 Å². The number of likely N-dealkylation sites (N-methyl/N-ethyl adjacent to an activating group) is 1. The van der Waals surface area contributed by atoms with Crippen molar-refractivity contribution in [2.75, 3.05) is 39.8 Å². The van der Waals surface area contributed by atoms with Gasteiger partial charge in [-0.25, -0.2) is 0 Å². The van der Waals surface area contributed by atoms with Gasteiger partial charge in [0.1, 0.15) is 5.75 Å². The molecule has 1 fully saturated rings. The van der Waals surface area contributed by atoms with Gasteiger partial charge in [0, 0.05) is 37.6 Å². The highest BCUT2D eigenvalue weighted by molar-refractivity contribution is 7.80. The molecule has 0 aliphatic carbocycles. The van der Waals surface area contributed by atoms with Crippen molar-refractivity contribution in [2.45, 2.75) is 12.8 Å². The van der Waals surface area contributed by atoms with Gasteiger partial charge >= 0.3 is 0 Å². The van der Waals surface area contributed by atoms with Crippen molar-refractivity contribution in [1.29, 1.82) is 0 Å². The second-order valence-electron chi connectivity index (χ2n) is 5.67. The Balaban J connectivity index is 1.65. The number of ether oxygens (including phenoxy) is 1. The summed E-state index contributed by atoms with van der Waals surface area (Å²) in [5, 5.41) is 4.31. The number of piperazine rings is 1. The fourth-order valence-electron chi connectivity index (χ4n) is 2.28. The van der Waals surface area contributed by atoms with Crippen LogP contribution in [0.15, 0.2) is 18.2 Å². The van der Waals surface area contributed by atoms with Crippen LogP contribution in [0.4, 0.5) is 0 Å². The smallest absolute Gasteiger partial charge is 0.226 e. The minimum absolute atomic E-state index is 0.0928. The summed E-state index contributed by atoms with van der Waals surface area (Å²) >= 11 is 17.1. The molecule has 1 aliphatic heterocycles. The molecule has 0 saturated carbocycles. The number of carbonyl (C=O) groups is 1. The number of amides is 1. The third-order valence-corrected chi connectivity index (χ3v) is 4.63. The highest BCUT2D eigenvalue weighted by Gasteiger charge is 2.17. The van der Waals surface area contributed by atoms with Crippen LogP contribution in [0.2, 0.25) is 10.0 Å². The molecule has 5 nitrogen and oxygen atoms in total. The molecule has 132 valence electrons. The Labute approximate surface area is 157 Å². The van der Waals surface area contributed by atoms with Gasteiger partial charge in [0.2, 0.25) is 5.91 Å². The zero-order valence-electron chi connectivity index (χ0n) is 13.6. The van der Waals surface area contributed by atoms with Crippen molar-refractivity contribution in [1.82, 2.24) is 15.1 Å². The molecule has 0 spiro atoms. The van der Waals surface area contributed by atoms with Crippen LogP contribution in [0, 0.1) is 0 Å². The van der Waals surface area contributed by atoms with Crippen molar-refractivity contribution in [3.8, 4) is 5.75 Å². The lowest BCUT2D eigenvalue weighted by atomic mass is 10.3. The predicted octanol–water partition coefficient (Wildman–Crippen LogP) is 2.80. The SMILES string of the molecule is CN1CCN(C(=S)NC(=O)CCCOc2ccc(Cl)cc2Cl)CC1. The van der Waals surface area contributed by atoms with E-state index in [2.05, 4.69) is 17.3 Å². The van der Waals surface area contributed by atoms with E-state index in [-0.39, 0.29) is 5.91 Å². The van der Waals surface area contributed by atoms with Crippen molar-refractivity contribution >= 4 is 46.4 Å². The highest BCUT2D eigenvalue weighted by atomic mass is 35.5. The quantitative estimate of drug-likeness (QED) is 0.619. The first-order valence-corrected chi connectivity index (χ1v) is 8.97. The first-order valence-electron chi connectivity index (χ1n) is 7.81. The van der Waals surface area contributed by atoms with Crippen LogP contribution in [0.1, 0.15) is 12.8 Å². The lowest BCUT2D eigenvalue weighted by molar-refractivity contribution is -0.120. The fourth-order valence-corrected chi connectivity index (χ4v) is 3.04. The van der Waals surface area contributed by atoms with Crippen molar-refractivity contribution in [2.24, 2.45) is 0 Å². The van der Waals surface area contributed by atoms with Crippen LogP contribution in [-0.2, 0) is 4.79 Å². The van der Waals surface area contributed by atoms with E-state index in [9.17, 15) is 4.79 Å². The molecule has 1 aromatic carbocycles. The molecular formula is C16H21Cl2N3O2S. The van der Waals surface area contributed by atoms with E-state index in [0.29, 0.717) is 40.4 Å². The number of benzene rings is 1. The number of carbonyl (C=O) groups excluding carboxylic acids is 1. The van der Waals surface area contributed by atoms with E-state index in [4.69, 9.17) is 40.2 Å². The van der Waals surface area contributed by atoms with Gasteiger partial charge in [-0.05, 0) is 43.9 Å². The molecule has 1 aromatic rings. The summed E-state index contributed by atoms with van der Waals surface area (Å²) in [4.78, 5) is 16.2. The maximum absolute atomic E-state index is 11.9. The summed E-state index contributed by atoms with van der Waals surface area (Å²) in [6, 6.07) is 5.05. The fraction of sp³-hybridized carbons (Fsp3) is 0.500. The standard InChI is InChI=1S/C16H21Cl2N3O2S/c1-20-6-8-21(9-7-20)16(24)19-15(22)3-2-10-23-14-5-4-12(17)11-13(14)18/h4-5,11H,2-3,6-10H2,1H3,(H,19,22,24). The second kappa shape index (κ2) is 9.42. The highest BCUT2D eigenvalue weighted by Crippen LogP contribution is 2.27. The van der Waals surface area contributed by atoms with E-state index >= 15 is 0 Å². The van der Waals surface area contributed by atoms with Crippen LogP contribution >= 0.6 is 35.4 Å². The molecule has 1 saturated heterocycles. The molecular weight excluding hydrogens is 369 g/mol. The second-order valence-corrected chi connectivity index (χ2v) is 6.90. The number of hydrogen-bond donors (Lipinski definition) is 1. The van der Waals surface area contributed by atoms with Crippen molar-refractivity contribution in [3.05, 3.63) is 28.2 Å². The molecule has 8 heteroatoms. The van der Waals surface area contributed by atoms with Crippen LogP contribution in [0.25, 0.3) is 0 Å². The third kappa shape index (κ3) is 6.09. The lowest BCUT2D eigenvalue weighted by Gasteiger charge is -2.33. The Kier molecular flexibility index (Phi) is 7.55. The molecule has 1 heterocycles. The number of nitrogens with zero attached hydrogens (tertiary/aromatic N) is 2. The number of hydrogen-bond acceptors (Lipinski definition) is 4. The predicted molar refractivity (Wildman–Crippen MR) is 101 cm³/mol. The van der Waals surface area contributed by atoms with Gasteiger partial charge in [0.25, 0.3) is 0 Å². The van der Waals surface area contributed by atoms with E-state index in [0.717, 1.165) is 26.2 Å². The summed E-state index contributed by atoms with van der Waals surface area (Å²) in [6.07, 6.45) is 0.926. The van der Waals surface area contributed by atoms with Gasteiger partial charge < -0.3 is 19.9 Å². The number of rotatable bonds is 5. The Hall–Kier alpha value is -1.08. The molecule has 0 atom stereocenters. The number of nitrogens with one attached hydrogen (secondary N) is 1. The molecule has 0 aromatic heterocycles. The van der Waals surface area contributed by atoms with Crippen LogP contribution in [-0.4, -0.2) is 60.7 Å². The molecule has 24 heavy (non-hydrogen) atoms. The van der Waals surface area contributed by atoms with E-state index < -0.39 is 0 Å². The summed E-state index contributed by atoms with van der Waals surface area (Å²) in [7, 11) is 2.08. The van der Waals surface area contributed by atoms with Crippen LogP contribution in [0.3, 0.4) is 0 Å². The average molecular weight is 390 g/mol. The van der Waals surface area contributed by atoms with Gasteiger partial charge in [-0.15, -0.1) is 0 Å². The van der Waals surface area contributed by atoms with Gasteiger partial charge in [-0.3, -0.25) is 4.79 Å². The molecule has 0 bridgehead atoms. The monoisotopic (exact) mass is 389 g/mol. The Morgan fingerprint density at radius 2 is 2.00 bits per heavy atom. The maximum Gasteiger partial charge on any atom is 0.226 e. The summed E-state index contributed by atoms with van der Waals surface area (Å²) < 4.78 is 5.56. The summed E-state index contributed by atoms with van der Waals surface area (Å²) in [5.41, 5.74) is 0. The Bertz CT molecular complexity index is 593. The Morgan fingerprint density at radius 3 is 2.67 bits per heavy atom. The lowest BCUT2D eigenvalue weighted by Crippen LogP contribution is -2.51. The van der Waals surface area contributed by atoms with Gasteiger partial charge in [-0.2, -0.15) is 0 Å². The summed E-state index contributed by atoms with van der Waals surface area (Å²) in [6.45, 7) is 3.98. The zero-order chi connectivity index (χ0) is 17.5. The minimum atomic E-state index is -0.0928. The van der Waals surface area contributed by atoms with Crippen molar-refractivity contribution in [3.63, 3.8) is 0 Å². The first kappa shape index (κ1) is 19.2. The van der Waals surface area contributed by atoms with Gasteiger partial charge in [0.05, 0.1) is 11.6 Å². The number of halogens is 2. The van der Waals surface area contributed by atoms with E-state index in [1.165, 1.54) is 0 Å². The third-order valence-electron chi connectivity index (χ3n) is 3.74. The molecule has 0 radical (unpaired) electrons.